The van der Waals surface area contributed by atoms with E-state index in [0.717, 1.165) is 22.4 Å². The average molecular weight is 414 g/mol. The van der Waals surface area contributed by atoms with E-state index in [1.807, 2.05) is 49.4 Å². The molecule has 0 bridgehead atoms. The molecular formula is C19H16ClN5O2S. The highest BCUT2D eigenvalue weighted by Gasteiger charge is 2.15. The van der Waals surface area contributed by atoms with Crippen molar-refractivity contribution in [3.05, 3.63) is 75.4 Å². The summed E-state index contributed by atoms with van der Waals surface area (Å²) in [5, 5.41) is 8.93. The van der Waals surface area contributed by atoms with Gasteiger partial charge < -0.3 is 4.42 Å². The van der Waals surface area contributed by atoms with Crippen molar-refractivity contribution in [3.8, 4) is 16.9 Å². The number of oxazole rings is 1. The topological polar surface area (TPSA) is 78.7 Å². The Bertz CT molecular complexity index is 1200. The third-order valence-corrected chi connectivity index (χ3v) is 5.38. The smallest absolute Gasteiger partial charge is 0.368 e. The van der Waals surface area contributed by atoms with E-state index in [4.69, 9.17) is 16.0 Å². The van der Waals surface area contributed by atoms with Crippen molar-refractivity contribution in [3.63, 3.8) is 0 Å². The van der Waals surface area contributed by atoms with Crippen molar-refractivity contribution in [2.24, 2.45) is 7.05 Å². The summed E-state index contributed by atoms with van der Waals surface area (Å²) in [7, 11) is 1.57. The molecular weight excluding hydrogens is 398 g/mol. The molecule has 7 nitrogen and oxygen atoms in total. The Balaban J connectivity index is 1.60. The van der Waals surface area contributed by atoms with Crippen LogP contribution in [0.4, 0.5) is 0 Å². The predicted molar refractivity (Wildman–Crippen MR) is 108 cm³/mol. The van der Waals surface area contributed by atoms with Gasteiger partial charge in [-0.05, 0) is 46.7 Å². The van der Waals surface area contributed by atoms with Gasteiger partial charge in [0.15, 0.2) is 0 Å². The molecule has 28 heavy (non-hydrogen) atoms. The van der Waals surface area contributed by atoms with Crippen LogP contribution >= 0.6 is 23.4 Å². The molecule has 0 fully saturated rings. The molecule has 0 unspecified atom stereocenters. The van der Waals surface area contributed by atoms with E-state index in [0.29, 0.717) is 21.7 Å². The molecule has 2 heterocycles. The van der Waals surface area contributed by atoms with E-state index >= 15 is 0 Å². The number of hydrogen-bond donors (Lipinski definition) is 0. The summed E-state index contributed by atoms with van der Waals surface area (Å²) >= 11 is 7.49. The van der Waals surface area contributed by atoms with E-state index < -0.39 is 0 Å². The molecule has 0 aliphatic rings. The monoisotopic (exact) mass is 413 g/mol. The van der Waals surface area contributed by atoms with E-state index in [9.17, 15) is 4.79 Å². The lowest BCUT2D eigenvalue weighted by Gasteiger charge is -2.10. The Morgan fingerprint density at radius 3 is 2.75 bits per heavy atom. The molecule has 2 aromatic heterocycles. The van der Waals surface area contributed by atoms with Gasteiger partial charge in [0, 0.05) is 23.4 Å². The van der Waals surface area contributed by atoms with Gasteiger partial charge in [0.2, 0.25) is 0 Å². The van der Waals surface area contributed by atoms with Crippen LogP contribution in [0.3, 0.4) is 0 Å². The molecule has 2 aromatic carbocycles. The van der Waals surface area contributed by atoms with Crippen molar-refractivity contribution in [1.29, 1.82) is 0 Å². The third kappa shape index (κ3) is 3.61. The van der Waals surface area contributed by atoms with Crippen LogP contribution in [0.1, 0.15) is 11.1 Å². The van der Waals surface area contributed by atoms with Crippen LogP contribution in [0.5, 0.6) is 0 Å². The fraction of sp³-hybridized carbons (Fsp3) is 0.158. The molecule has 4 rings (SSSR count). The molecule has 0 N–H and O–H groups in total. The molecule has 142 valence electrons. The van der Waals surface area contributed by atoms with E-state index in [1.165, 1.54) is 21.1 Å². The molecule has 4 aromatic rings. The minimum absolute atomic E-state index is 0.295. The Hall–Kier alpha value is -2.84. The average Bonchev–Trinajstić information content (AvgIpc) is 3.28. The molecule has 0 saturated carbocycles. The van der Waals surface area contributed by atoms with Crippen LogP contribution in [-0.2, 0) is 12.8 Å². The summed E-state index contributed by atoms with van der Waals surface area (Å²) in [5.74, 6) is 0.570. The standard InChI is InChI=1S/C19H16ClN5O2S/c1-12-5-3-8-17(25-19(26)24(2)22-23-25)15(12)11-28-18-21-16(10-27-18)13-6-4-7-14(20)9-13/h3-10H,11H2,1-2H3. The quantitative estimate of drug-likeness (QED) is 0.462. The number of halogens is 1. The fourth-order valence-electron chi connectivity index (χ4n) is 2.78. The predicted octanol–water partition coefficient (Wildman–Crippen LogP) is 3.88. The molecule has 0 saturated heterocycles. The second-order valence-corrected chi connectivity index (χ2v) is 7.53. The lowest BCUT2D eigenvalue weighted by atomic mass is 10.1. The second kappa shape index (κ2) is 7.65. The van der Waals surface area contributed by atoms with Gasteiger partial charge in [-0.2, -0.15) is 9.36 Å². The van der Waals surface area contributed by atoms with E-state index in [2.05, 4.69) is 15.4 Å². The maximum atomic E-state index is 12.2. The van der Waals surface area contributed by atoms with Gasteiger partial charge in [-0.1, -0.05) is 47.6 Å². The van der Waals surface area contributed by atoms with Crippen molar-refractivity contribution in [1.82, 2.24) is 24.8 Å². The van der Waals surface area contributed by atoms with E-state index in [1.54, 1.807) is 13.3 Å². The number of rotatable bonds is 5. The van der Waals surface area contributed by atoms with Crippen molar-refractivity contribution < 1.29 is 4.42 Å². The van der Waals surface area contributed by atoms with Crippen LogP contribution in [0.2, 0.25) is 5.02 Å². The number of tetrazole rings is 1. The number of benzene rings is 2. The molecule has 0 amide bonds. The first kappa shape index (κ1) is 18.5. The highest BCUT2D eigenvalue weighted by atomic mass is 35.5. The second-order valence-electron chi connectivity index (χ2n) is 6.17. The van der Waals surface area contributed by atoms with Crippen LogP contribution < -0.4 is 5.69 Å². The normalized spacial score (nSPS) is 11.1. The third-order valence-electron chi connectivity index (χ3n) is 4.28. The zero-order valence-electron chi connectivity index (χ0n) is 15.2. The number of aromatic nitrogens is 5. The Kier molecular flexibility index (Phi) is 5.06. The zero-order chi connectivity index (χ0) is 19.7. The first-order chi connectivity index (χ1) is 13.5. The lowest BCUT2D eigenvalue weighted by Crippen LogP contribution is -2.23. The minimum Gasteiger partial charge on any atom is -0.439 e. The zero-order valence-corrected chi connectivity index (χ0v) is 16.7. The Labute approximate surface area is 169 Å². The van der Waals surface area contributed by atoms with Gasteiger partial charge in [-0.15, -0.1) is 0 Å². The maximum absolute atomic E-state index is 12.2. The largest absolute Gasteiger partial charge is 0.439 e. The molecule has 0 aliphatic heterocycles. The summed E-state index contributed by atoms with van der Waals surface area (Å²) in [5.41, 5.74) is 4.04. The van der Waals surface area contributed by atoms with Gasteiger partial charge in [-0.25, -0.2) is 9.78 Å². The number of aryl methyl sites for hydroxylation is 2. The molecule has 0 spiro atoms. The Morgan fingerprint density at radius 1 is 1.18 bits per heavy atom. The fourth-order valence-corrected chi connectivity index (χ4v) is 3.89. The summed E-state index contributed by atoms with van der Waals surface area (Å²) in [4.78, 5) is 16.8. The lowest BCUT2D eigenvalue weighted by molar-refractivity contribution is 0.454. The van der Waals surface area contributed by atoms with Gasteiger partial charge >= 0.3 is 5.69 Å². The number of thioether (sulfide) groups is 1. The maximum Gasteiger partial charge on any atom is 0.368 e. The SMILES string of the molecule is Cc1cccc(-n2nnn(C)c2=O)c1CSc1nc(-c2cccc(Cl)c2)co1. The highest BCUT2D eigenvalue weighted by Crippen LogP contribution is 2.30. The Morgan fingerprint density at radius 2 is 2.00 bits per heavy atom. The van der Waals surface area contributed by atoms with Gasteiger partial charge in [0.25, 0.3) is 5.22 Å². The van der Waals surface area contributed by atoms with Crippen LogP contribution in [-0.4, -0.2) is 24.8 Å². The van der Waals surface area contributed by atoms with Crippen molar-refractivity contribution in [2.75, 3.05) is 0 Å². The van der Waals surface area contributed by atoms with E-state index in [-0.39, 0.29) is 5.69 Å². The summed E-state index contributed by atoms with van der Waals surface area (Å²) < 4.78 is 8.10. The molecule has 0 radical (unpaired) electrons. The van der Waals surface area contributed by atoms with Crippen LogP contribution in [0.15, 0.2) is 63.2 Å². The first-order valence-electron chi connectivity index (χ1n) is 8.45. The van der Waals surface area contributed by atoms with Crippen molar-refractivity contribution in [2.45, 2.75) is 17.9 Å². The first-order valence-corrected chi connectivity index (χ1v) is 9.81. The summed E-state index contributed by atoms with van der Waals surface area (Å²) in [6.45, 7) is 1.99. The van der Waals surface area contributed by atoms with Gasteiger partial charge in [0.05, 0.1) is 5.69 Å². The van der Waals surface area contributed by atoms with Gasteiger partial charge in [-0.3, -0.25) is 0 Å². The van der Waals surface area contributed by atoms with Gasteiger partial charge in [0.1, 0.15) is 12.0 Å². The highest BCUT2D eigenvalue weighted by molar-refractivity contribution is 7.98. The molecule has 9 heteroatoms. The number of hydrogen-bond acceptors (Lipinski definition) is 6. The molecule has 0 aliphatic carbocycles. The van der Waals surface area contributed by atoms with Crippen LogP contribution in [0.25, 0.3) is 16.9 Å². The summed E-state index contributed by atoms with van der Waals surface area (Å²) in [6, 6.07) is 13.2. The summed E-state index contributed by atoms with van der Waals surface area (Å²) in [6.07, 6.45) is 1.61. The van der Waals surface area contributed by atoms with Crippen molar-refractivity contribution >= 4 is 23.4 Å². The van der Waals surface area contributed by atoms with Crippen LogP contribution in [0, 0.1) is 6.92 Å². The molecule has 0 atom stereocenters. The number of nitrogens with zero attached hydrogens (tertiary/aromatic N) is 5. The minimum atomic E-state index is -0.295.